The van der Waals surface area contributed by atoms with Crippen LogP contribution in [0.4, 0.5) is 0 Å². The summed E-state index contributed by atoms with van der Waals surface area (Å²) in [6, 6.07) is 0. The molecular weight excluding hydrogens is 240 g/mol. The molecule has 0 spiro atoms. The standard InChI is InChI=1S/C8H13BrO4/c1-7(10)13-6-8(11)12-5-3-2-4-9/h2-6H2,1H3. The van der Waals surface area contributed by atoms with E-state index in [2.05, 4.69) is 20.7 Å². The van der Waals surface area contributed by atoms with Crippen molar-refractivity contribution in [1.82, 2.24) is 0 Å². The van der Waals surface area contributed by atoms with E-state index in [-0.39, 0.29) is 6.61 Å². The quantitative estimate of drug-likeness (QED) is 0.406. The molecule has 0 bridgehead atoms. The number of alkyl halides is 1. The molecule has 0 saturated heterocycles. The molecular formula is C8H13BrO4. The molecule has 0 aromatic heterocycles. The van der Waals surface area contributed by atoms with Crippen molar-refractivity contribution in [1.29, 1.82) is 0 Å². The van der Waals surface area contributed by atoms with E-state index in [4.69, 9.17) is 4.74 Å². The second kappa shape index (κ2) is 8.04. The Morgan fingerprint density at radius 3 is 2.46 bits per heavy atom. The first kappa shape index (κ1) is 12.4. The van der Waals surface area contributed by atoms with Gasteiger partial charge in [0, 0.05) is 12.3 Å². The van der Waals surface area contributed by atoms with Gasteiger partial charge in [-0.15, -0.1) is 0 Å². The zero-order valence-electron chi connectivity index (χ0n) is 7.55. The SMILES string of the molecule is CC(=O)OCC(=O)OCCCCBr. The molecule has 0 rings (SSSR count). The lowest BCUT2D eigenvalue weighted by molar-refractivity contribution is -0.157. The molecule has 0 unspecified atom stereocenters. The highest BCUT2D eigenvalue weighted by Crippen LogP contribution is 1.94. The Balaban J connectivity index is 3.25. The molecule has 0 aromatic rings. The monoisotopic (exact) mass is 252 g/mol. The van der Waals surface area contributed by atoms with Crippen LogP contribution in [0.2, 0.25) is 0 Å². The molecule has 0 aliphatic carbocycles. The van der Waals surface area contributed by atoms with Crippen LogP contribution in [0.1, 0.15) is 19.8 Å². The smallest absolute Gasteiger partial charge is 0.344 e. The summed E-state index contributed by atoms with van der Waals surface area (Å²) in [6.45, 7) is 1.34. The third kappa shape index (κ3) is 9.33. The second-order valence-electron chi connectivity index (χ2n) is 2.40. The Hall–Kier alpha value is -0.580. The van der Waals surface area contributed by atoms with E-state index in [0.29, 0.717) is 6.61 Å². The largest absolute Gasteiger partial charge is 0.463 e. The van der Waals surface area contributed by atoms with Gasteiger partial charge >= 0.3 is 11.9 Å². The Morgan fingerprint density at radius 2 is 1.92 bits per heavy atom. The Kier molecular flexibility index (Phi) is 7.68. The lowest BCUT2D eigenvalue weighted by Gasteiger charge is -2.03. The van der Waals surface area contributed by atoms with E-state index in [1.54, 1.807) is 0 Å². The van der Waals surface area contributed by atoms with E-state index in [0.717, 1.165) is 18.2 Å². The van der Waals surface area contributed by atoms with E-state index < -0.39 is 11.9 Å². The number of rotatable bonds is 6. The van der Waals surface area contributed by atoms with Crippen molar-refractivity contribution in [3.05, 3.63) is 0 Å². The zero-order chi connectivity index (χ0) is 10.1. The number of carbonyl (C=O) groups is 2. The van der Waals surface area contributed by atoms with Gasteiger partial charge in [0.25, 0.3) is 0 Å². The molecule has 13 heavy (non-hydrogen) atoms. The van der Waals surface area contributed by atoms with Gasteiger partial charge in [-0.2, -0.15) is 0 Å². The number of ether oxygens (including phenoxy) is 2. The fraction of sp³-hybridized carbons (Fsp3) is 0.750. The van der Waals surface area contributed by atoms with Gasteiger partial charge in [-0.1, -0.05) is 15.9 Å². The number of esters is 2. The van der Waals surface area contributed by atoms with Crippen LogP contribution in [0.3, 0.4) is 0 Å². The van der Waals surface area contributed by atoms with Crippen LogP contribution in [0.5, 0.6) is 0 Å². The van der Waals surface area contributed by atoms with Gasteiger partial charge in [0.2, 0.25) is 0 Å². The topological polar surface area (TPSA) is 52.6 Å². The average Bonchev–Trinajstić information content (AvgIpc) is 2.09. The van der Waals surface area contributed by atoms with Crippen molar-refractivity contribution >= 4 is 27.9 Å². The number of halogens is 1. The maximum absolute atomic E-state index is 10.8. The fourth-order valence-electron chi connectivity index (χ4n) is 0.585. The Labute approximate surface area is 85.7 Å². The van der Waals surface area contributed by atoms with Crippen LogP contribution < -0.4 is 0 Å². The molecule has 0 aromatic carbocycles. The fourth-order valence-corrected chi connectivity index (χ4v) is 0.981. The highest BCUT2D eigenvalue weighted by Gasteiger charge is 2.03. The summed E-state index contributed by atoms with van der Waals surface area (Å²) in [7, 11) is 0. The molecule has 0 aliphatic rings. The maximum atomic E-state index is 10.8. The van der Waals surface area contributed by atoms with Crippen molar-refractivity contribution < 1.29 is 19.1 Å². The van der Waals surface area contributed by atoms with Crippen molar-refractivity contribution in [3.63, 3.8) is 0 Å². The summed E-state index contributed by atoms with van der Waals surface area (Å²) in [4.78, 5) is 21.1. The minimum Gasteiger partial charge on any atom is -0.463 e. The van der Waals surface area contributed by atoms with Crippen molar-refractivity contribution in [2.75, 3.05) is 18.5 Å². The third-order valence-corrected chi connectivity index (χ3v) is 1.75. The molecule has 0 fully saturated rings. The van der Waals surface area contributed by atoms with Crippen molar-refractivity contribution in [3.8, 4) is 0 Å². The van der Waals surface area contributed by atoms with Crippen molar-refractivity contribution in [2.45, 2.75) is 19.8 Å². The summed E-state index contributed by atoms with van der Waals surface area (Å²) < 4.78 is 9.20. The first-order valence-electron chi connectivity index (χ1n) is 4.01. The van der Waals surface area contributed by atoms with Crippen LogP contribution in [0, 0.1) is 0 Å². The maximum Gasteiger partial charge on any atom is 0.344 e. The minimum absolute atomic E-state index is 0.288. The zero-order valence-corrected chi connectivity index (χ0v) is 9.13. The van der Waals surface area contributed by atoms with Crippen LogP contribution in [0.15, 0.2) is 0 Å². The Morgan fingerprint density at radius 1 is 1.23 bits per heavy atom. The number of carbonyl (C=O) groups excluding carboxylic acids is 2. The minimum atomic E-state index is -0.496. The molecule has 0 aliphatic heterocycles. The molecule has 4 nitrogen and oxygen atoms in total. The summed E-state index contributed by atoms with van der Waals surface area (Å²) in [5.74, 6) is -0.970. The van der Waals surface area contributed by atoms with Gasteiger partial charge in [-0.3, -0.25) is 4.79 Å². The van der Waals surface area contributed by atoms with Gasteiger partial charge < -0.3 is 9.47 Å². The average molecular weight is 253 g/mol. The van der Waals surface area contributed by atoms with Crippen LogP contribution in [-0.2, 0) is 19.1 Å². The first-order valence-corrected chi connectivity index (χ1v) is 5.14. The number of hydrogen-bond donors (Lipinski definition) is 0. The van der Waals surface area contributed by atoms with Crippen molar-refractivity contribution in [2.24, 2.45) is 0 Å². The second-order valence-corrected chi connectivity index (χ2v) is 3.19. The van der Waals surface area contributed by atoms with Gasteiger partial charge in [0.05, 0.1) is 6.61 Å². The Bertz CT molecular complexity index is 170. The summed E-state index contributed by atoms with van der Waals surface area (Å²) in [6.07, 6.45) is 1.78. The van der Waals surface area contributed by atoms with Gasteiger partial charge in [0.1, 0.15) is 0 Å². The summed E-state index contributed by atoms with van der Waals surface area (Å²) in [5, 5.41) is 0.897. The van der Waals surface area contributed by atoms with Gasteiger partial charge in [-0.05, 0) is 12.8 Å². The first-order chi connectivity index (χ1) is 6.16. The van der Waals surface area contributed by atoms with E-state index in [9.17, 15) is 9.59 Å². The van der Waals surface area contributed by atoms with Crippen LogP contribution >= 0.6 is 15.9 Å². The van der Waals surface area contributed by atoms with Crippen LogP contribution in [-0.4, -0.2) is 30.5 Å². The van der Waals surface area contributed by atoms with Crippen LogP contribution in [0.25, 0.3) is 0 Å². The highest BCUT2D eigenvalue weighted by molar-refractivity contribution is 9.09. The lowest BCUT2D eigenvalue weighted by Crippen LogP contribution is -2.15. The number of unbranched alkanes of at least 4 members (excludes halogenated alkanes) is 1. The van der Waals surface area contributed by atoms with E-state index in [1.165, 1.54) is 6.92 Å². The number of hydrogen-bond acceptors (Lipinski definition) is 4. The highest BCUT2D eigenvalue weighted by atomic mass is 79.9. The lowest BCUT2D eigenvalue weighted by atomic mass is 10.4. The molecule has 0 atom stereocenters. The molecule has 0 N–H and O–H groups in total. The van der Waals surface area contributed by atoms with Gasteiger partial charge in [0.15, 0.2) is 6.61 Å². The normalized spacial score (nSPS) is 9.38. The third-order valence-electron chi connectivity index (χ3n) is 1.18. The summed E-state index contributed by atoms with van der Waals surface area (Å²) in [5.41, 5.74) is 0. The van der Waals surface area contributed by atoms with E-state index >= 15 is 0 Å². The predicted octanol–water partition coefficient (Wildman–Crippen LogP) is 1.27. The molecule has 0 radical (unpaired) electrons. The molecule has 0 saturated carbocycles. The molecule has 76 valence electrons. The summed E-state index contributed by atoms with van der Waals surface area (Å²) >= 11 is 3.26. The molecule has 5 heteroatoms. The molecule has 0 amide bonds. The predicted molar refractivity (Wildman–Crippen MR) is 50.6 cm³/mol. The van der Waals surface area contributed by atoms with E-state index in [1.807, 2.05) is 0 Å². The molecule has 0 heterocycles. The van der Waals surface area contributed by atoms with Gasteiger partial charge in [-0.25, -0.2) is 4.79 Å².